The van der Waals surface area contributed by atoms with E-state index in [0.29, 0.717) is 0 Å². The van der Waals surface area contributed by atoms with Crippen LogP contribution in [0.15, 0.2) is 0 Å². The molecule has 0 aromatic carbocycles. The number of rotatable bonds is 1. The van der Waals surface area contributed by atoms with Crippen molar-refractivity contribution >= 4 is 17.9 Å². The van der Waals surface area contributed by atoms with Gasteiger partial charge in [0.05, 0.1) is 0 Å². The number of carbonyl (C=O) groups excluding carboxylic acids is 3. The molecular weight excluding hydrogens is 128 g/mol. The Kier molecular flexibility index (Phi) is 7.60. The average Bonchev–Trinajstić information content (AvgIpc) is 1.68. The largest absolute Gasteiger partial charge is 0.476 e. The van der Waals surface area contributed by atoms with Crippen LogP contribution in [0.25, 0.3) is 0 Å². The van der Waals surface area contributed by atoms with E-state index in [2.05, 4.69) is 0 Å². The van der Waals surface area contributed by atoms with Crippen LogP contribution in [0.1, 0.15) is 6.92 Å². The third-order valence-corrected chi connectivity index (χ3v) is 0.301. The Hall–Kier alpha value is -1.48. The molecular formula is C4H4O5. The van der Waals surface area contributed by atoms with Crippen LogP contribution in [-0.2, 0) is 19.2 Å². The van der Waals surface area contributed by atoms with Crippen molar-refractivity contribution in [2.24, 2.45) is 0 Å². The van der Waals surface area contributed by atoms with Crippen LogP contribution in [0.3, 0.4) is 0 Å². The molecule has 9 heavy (non-hydrogen) atoms. The SMILES string of the molecule is CC(=O)C(=O)O.O=C=O. The van der Waals surface area contributed by atoms with E-state index in [4.69, 9.17) is 14.7 Å². The van der Waals surface area contributed by atoms with E-state index in [0.717, 1.165) is 6.92 Å². The minimum absolute atomic E-state index is 0.250. The first-order chi connectivity index (χ1) is 4.06. The summed E-state index contributed by atoms with van der Waals surface area (Å²) in [6, 6.07) is 0. The zero-order chi connectivity index (χ0) is 7.86. The van der Waals surface area contributed by atoms with Gasteiger partial charge in [-0.1, -0.05) is 0 Å². The first kappa shape index (κ1) is 10.5. The highest BCUT2D eigenvalue weighted by Gasteiger charge is 1.98. The number of carboxylic acid groups (broad SMARTS) is 1. The van der Waals surface area contributed by atoms with Gasteiger partial charge >= 0.3 is 12.1 Å². The molecule has 0 unspecified atom stereocenters. The summed E-state index contributed by atoms with van der Waals surface area (Å²) in [6.07, 6.45) is 0.250. The van der Waals surface area contributed by atoms with Gasteiger partial charge in [0.1, 0.15) is 0 Å². The standard InChI is InChI=1S/C3H4O3.CO2/c1-2(4)3(5)6;2-1-3/h1H3,(H,5,6);. The minimum atomic E-state index is -1.38. The van der Waals surface area contributed by atoms with Crippen LogP contribution in [0, 0.1) is 0 Å². The summed E-state index contributed by atoms with van der Waals surface area (Å²) in [4.78, 5) is 35.1. The molecule has 0 saturated carbocycles. The molecule has 5 nitrogen and oxygen atoms in total. The van der Waals surface area contributed by atoms with Crippen LogP contribution in [-0.4, -0.2) is 23.0 Å². The number of carbonyl (C=O) groups is 2. The maximum atomic E-state index is 9.54. The molecule has 0 aromatic rings. The molecule has 5 heteroatoms. The number of aliphatic carboxylic acids is 1. The second-order valence-electron chi connectivity index (χ2n) is 0.945. The van der Waals surface area contributed by atoms with E-state index in [9.17, 15) is 9.59 Å². The average molecular weight is 132 g/mol. The first-order valence-electron chi connectivity index (χ1n) is 1.79. The van der Waals surface area contributed by atoms with Crippen molar-refractivity contribution in [2.45, 2.75) is 6.92 Å². The Balaban J connectivity index is 0. The summed E-state index contributed by atoms with van der Waals surface area (Å²) in [5.74, 6) is -2.20. The summed E-state index contributed by atoms with van der Waals surface area (Å²) in [5.41, 5.74) is 0. The van der Waals surface area contributed by atoms with Crippen molar-refractivity contribution in [3.05, 3.63) is 0 Å². The van der Waals surface area contributed by atoms with Gasteiger partial charge in [-0.3, -0.25) is 4.79 Å². The molecule has 50 valence electrons. The number of hydrogen-bond donors (Lipinski definition) is 1. The Bertz CT molecular complexity index is 129. The summed E-state index contributed by atoms with van der Waals surface area (Å²) >= 11 is 0. The van der Waals surface area contributed by atoms with Crippen molar-refractivity contribution in [1.82, 2.24) is 0 Å². The molecule has 0 aromatic heterocycles. The van der Waals surface area contributed by atoms with Crippen molar-refractivity contribution in [3.63, 3.8) is 0 Å². The number of carboxylic acids is 1. The second-order valence-corrected chi connectivity index (χ2v) is 0.945. The molecule has 0 atom stereocenters. The molecule has 0 spiro atoms. The lowest BCUT2D eigenvalue weighted by Gasteiger charge is -1.73. The summed E-state index contributed by atoms with van der Waals surface area (Å²) in [6.45, 7) is 1.00. The Morgan fingerprint density at radius 1 is 1.33 bits per heavy atom. The number of ketones is 1. The van der Waals surface area contributed by atoms with Crippen LogP contribution in [0.5, 0.6) is 0 Å². The third kappa shape index (κ3) is 21.0. The van der Waals surface area contributed by atoms with Crippen LogP contribution in [0.2, 0.25) is 0 Å². The molecule has 0 aliphatic rings. The van der Waals surface area contributed by atoms with Crippen molar-refractivity contribution in [3.8, 4) is 0 Å². The Morgan fingerprint density at radius 2 is 1.44 bits per heavy atom. The zero-order valence-corrected chi connectivity index (χ0v) is 4.58. The normalized spacial score (nSPS) is 5.89. The van der Waals surface area contributed by atoms with Gasteiger partial charge in [0.15, 0.2) is 0 Å². The summed E-state index contributed by atoms with van der Waals surface area (Å²) in [5, 5.41) is 7.64. The fourth-order valence-corrected chi connectivity index (χ4v) is 0. The van der Waals surface area contributed by atoms with Crippen molar-refractivity contribution in [1.29, 1.82) is 0 Å². The van der Waals surface area contributed by atoms with Crippen molar-refractivity contribution < 1.29 is 24.3 Å². The monoisotopic (exact) mass is 132 g/mol. The van der Waals surface area contributed by atoms with Crippen LogP contribution >= 0.6 is 0 Å². The van der Waals surface area contributed by atoms with Gasteiger partial charge in [0.2, 0.25) is 5.78 Å². The lowest BCUT2D eigenvalue weighted by molar-refractivity contribution is -0.191. The fourth-order valence-electron chi connectivity index (χ4n) is 0. The lowest BCUT2D eigenvalue weighted by atomic mass is 10.5. The molecule has 0 heterocycles. The quantitative estimate of drug-likeness (QED) is 0.466. The zero-order valence-electron chi connectivity index (χ0n) is 4.58. The van der Waals surface area contributed by atoms with E-state index in [1.54, 1.807) is 0 Å². The van der Waals surface area contributed by atoms with E-state index < -0.39 is 11.8 Å². The number of Topliss-reactive ketones (excluding diaryl/α,β-unsaturated/α-hetero) is 1. The van der Waals surface area contributed by atoms with Gasteiger partial charge in [-0.25, -0.2) is 4.79 Å². The molecule has 0 saturated heterocycles. The molecule has 0 amide bonds. The maximum absolute atomic E-state index is 9.54. The Morgan fingerprint density at radius 3 is 1.44 bits per heavy atom. The van der Waals surface area contributed by atoms with Crippen LogP contribution < -0.4 is 0 Å². The van der Waals surface area contributed by atoms with E-state index in [1.807, 2.05) is 0 Å². The van der Waals surface area contributed by atoms with E-state index in [1.165, 1.54) is 0 Å². The summed E-state index contributed by atoms with van der Waals surface area (Å²) < 4.78 is 0. The lowest BCUT2D eigenvalue weighted by Crippen LogP contribution is -2.05. The minimum Gasteiger partial charge on any atom is -0.476 e. The van der Waals surface area contributed by atoms with Gasteiger partial charge in [-0.15, -0.1) is 0 Å². The van der Waals surface area contributed by atoms with E-state index in [-0.39, 0.29) is 6.15 Å². The van der Waals surface area contributed by atoms with Gasteiger partial charge < -0.3 is 5.11 Å². The Labute approximate surface area is 50.3 Å². The predicted octanol–water partition coefficient (Wildman–Crippen LogP) is -0.924. The second kappa shape index (κ2) is 6.52. The topological polar surface area (TPSA) is 88.5 Å². The van der Waals surface area contributed by atoms with Gasteiger partial charge in [-0.05, 0) is 0 Å². The molecule has 0 radical (unpaired) electrons. The molecule has 0 fully saturated rings. The van der Waals surface area contributed by atoms with Gasteiger partial charge in [-0.2, -0.15) is 9.59 Å². The number of hydrogen-bond acceptors (Lipinski definition) is 4. The van der Waals surface area contributed by atoms with Crippen molar-refractivity contribution in [2.75, 3.05) is 0 Å². The first-order valence-corrected chi connectivity index (χ1v) is 1.79. The third-order valence-electron chi connectivity index (χ3n) is 0.301. The van der Waals surface area contributed by atoms with Gasteiger partial charge in [0, 0.05) is 6.92 Å². The smallest absolute Gasteiger partial charge is 0.373 e. The van der Waals surface area contributed by atoms with Gasteiger partial charge in [0.25, 0.3) is 0 Å². The van der Waals surface area contributed by atoms with Crippen LogP contribution in [0.4, 0.5) is 0 Å². The highest BCUT2D eigenvalue weighted by atomic mass is 16.4. The highest BCUT2D eigenvalue weighted by Crippen LogP contribution is 1.61. The molecule has 0 rings (SSSR count). The van der Waals surface area contributed by atoms with E-state index >= 15 is 0 Å². The maximum Gasteiger partial charge on any atom is 0.373 e. The molecule has 0 aliphatic carbocycles. The highest BCUT2D eigenvalue weighted by molar-refractivity contribution is 6.31. The molecule has 0 aliphatic heterocycles. The predicted molar refractivity (Wildman–Crippen MR) is 23.3 cm³/mol. The molecule has 1 N–H and O–H groups in total. The fraction of sp³-hybridized carbons (Fsp3) is 0.250. The molecule has 0 bridgehead atoms. The summed E-state index contributed by atoms with van der Waals surface area (Å²) in [7, 11) is 0.